The van der Waals surface area contributed by atoms with Crippen molar-refractivity contribution in [3.05, 3.63) is 0 Å². The SMILES string of the molecule is CCCC(C)(CCS(C)(=O)=O)CNC1CC1. The van der Waals surface area contributed by atoms with Gasteiger partial charge in [0.15, 0.2) is 0 Å². The van der Waals surface area contributed by atoms with Crippen molar-refractivity contribution in [1.29, 1.82) is 0 Å². The smallest absolute Gasteiger partial charge is 0.147 e. The average Bonchev–Trinajstić information content (AvgIpc) is 2.95. The van der Waals surface area contributed by atoms with Gasteiger partial charge < -0.3 is 5.32 Å². The highest BCUT2D eigenvalue weighted by atomic mass is 32.2. The topological polar surface area (TPSA) is 46.2 Å². The van der Waals surface area contributed by atoms with Gasteiger partial charge in [-0.2, -0.15) is 0 Å². The lowest BCUT2D eigenvalue weighted by molar-refractivity contribution is 0.266. The minimum atomic E-state index is -2.83. The van der Waals surface area contributed by atoms with Crippen molar-refractivity contribution in [2.45, 2.75) is 52.0 Å². The van der Waals surface area contributed by atoms with Gasteiger partial charge in [0, 0.05) is 18.8 Å². The van der Waals surface area contributed by atoms with Crippen LogP contribution in [0.3, 0.4) is 0 Å². The zero-order valence-corrected chi connectivity index (χ0v) is 11.6. The van der Waals surface area contributed by atoms with Gasteiger partial charge in [-0.15, -0.1) is 0 Å². The molecule has 0 radical (unpaired) electrons. The summed E-state index contributed by atoms with van der Waals surface area (Å²) in [7, 11) is -2.83. The van der Waals surface area contributed by atoms with E-state index in [1.165, 1.54) is 19.1 Å². The summed E-state index contributed by atoms with van der Waals surface area (Å²) in [6.07, 6.45) is 6.89. The monoisotopic (exact) mass is 247 g/mol. The minimum Gasteiger partial charge on any atom is -0.313 e. The van der Waals surface area contributed by atoms with E-state index in [1.54, 1.807) is 0 Å². The fourth-order valence-corrected chi connectivity index (χ4v) is 2.88. The molecule has 1 atom stereocenters. The quantitative estimate of drug-likeness (QED) is 0.713. The van der Waals surface area contributed by atoms with Crippen LogP contribution in [-0.2, 0) is 9.84 Å². The Bertz CT molecular complexity index is 309. The van der Waals surface area contributed by atoms with Crippen molar-refractivity contribution in [1.82, 2.24) is 5.32 Å². The Labute approximate surface area is 99.9 Å². The van der Waals surface area contributed by atoms with Crippen LogP contribution in [0.4, 0.5) is 0 Å². The molecule has 4 heteroatoms. The van der Waals surface area contributed by atoms with Crippen LogP contribution >= 0.6 is 0 Å². The summed E-state index contributed by atoms with van der Waals surface area (Å²) in [5.41, 5.74) is 0.139. The lowest BCUT2D eigenvalue weighted by Crippen LogP contribution is -2.34. The predicted octanol–water partition coefficient (Wildman–Crippen LogP) is 1.98. The standard InChI is InChI=1S/C12H25NO2S/c1-4-7-12(2,8-9-16(3,14)15)10-13-11-5-6-11/h11,13H,4-10H2,1-3H3. The molecule has 0 heterocycles. The van der Waals surface area contributed by atoms with Crippen LogP contribution in [-0.4, -0.2) is 33.0 Å². The molecule has 0 aromatic carbocycles. The van der Waals surface area contributed by atoms with Crippen LogP contribution in [0.5, 0.6) is 0 Å². The second kappa shape index (κ2) is 5.50. The van der Waals surface area contributed by atoms with Gasteiger partial charge in [-0.25, -0.2) is 8.42 Å². The summed E-state index contributed by atoms with van der Waals surface area (Å²) in [4.78, 5) is 0. The van der Waals surface area contributed by atoms with Crippen LogP contribution in [0.15, 0.2) is 0 Å². The summed E-state index contributed by atoms with van der Waals surface area (Å²) >= 11 is 0. The van der Waals surface area contributed by atoms with Gasteiger partial charge in [0.25, 0.3) is 0 Å². The van der Waals surface area contributed by atoms with Crippen molar-refractivity contribution >= 4 is 9.84 Å². The lowest BCUT2D eigenvalue weighted by Gasteiger charge is -2.29. The maximum Gasteiger partial charge on any atom is 0.147 e. The number of hydrogen-bond donors (Lipinski definition) is 1. The van der Waals surface area contributed by atoms with Crippen molar-refractivity contribution in [3.8, 4) is 0 Å². The fourth-order valence-electron chi connectivity index (χ4n) is 2.02. The molecule has 0 aliphatic heterocycles. The van der Waals surface area contributed by atoms with Crippen LogP contribution in [0, 0.1) is 5.41 Å². The number of nitrogens with one attached hydrogen (secondary N) is 1. The molecule has 0 saturated heterocycles. The average molecular weight is 247 g/mol. The van der Waals surface area contributed by atoms with E-state index >= 15 is 0 Å². The Hall–Kier alpha value is -0.0900. The Morgan fingerprint density at radius 1 is 1.31 bits per heavy atom. The molecular weight excluding hydrogens is 222 g/mol. The Morgan fingerprint density at radius 3 is 2.38 bits per heavy atom. The van der Waals surface area contributed by atoms with Gasteiger partial charge in [-0.3, -0.25) is 0 Å². The van der Waals surface area contributed by atoms with Crippen molar-refractivity contribution in [3.63, 3.8) is 0 Å². The predicted molar refractivity (Wildman–Crippen MR) is 68.4 cm³/mol. The zero-order valence-electron chi connectivity index (χ0n) is 10.8. The number of rotatable bonds is 8. The highest BCUT2D eigenvalue weighted by Gasteiger charge is 2.28. The second-order valence-electron chi connectivity index (χ2n) is 5.60. The van der Waals surface area contributed by atoms with E-state index in [0.29, 0.717) is 11.8 Å². The third-order valence-electron chi connectivity index (χ3n) is 3.32. The maximum atomic E-state index is 11.2. The molecule has 0 aromatic heterocycles. The molecule has 1 rings (SSSR count). The minimum absolute atomic E-state index is 0.139. The molecule has 1 unspecified atom stereocenters. The van der Waals surface area contributed by atoms with E-state index < -0.39 is 9.84 Å². The van der Waals surface area contributed by atoms with Crippen molar-refractivity contribution in [2.24, 2.45) is 5.41 Å². The molecule has 1 saturated carbocycles. The Balaban J connectivity index is 2.41. The van der Waals surface area contributed by atoms with E-state index in [4.69, 9.17) is 0 Å². The van der Waals surface area contributed by atoms with E-state index in [-0.39, 0.29) is 5.41 Å². The van der Waals surface area contributed by atoms with Crippen LogP contribution < -0.4 is 5.32 Å². The largest absolute Gasteiger partial charge is 0.313 e. The van der Waals surface area contributed by atoms with Crippen molar-refractivity contribution in [2.75, 3.05) is 18.6 Å². The van der Waals surface area contributed by atoms with Gasteiger partial charge in [-0.1, -0.05) is 20.3 Å². The molecule has 16 heavy (non-hydrogen) atoms. The molecule has 1 fully saturated rings. The zero-order chi connectivity index (χ0) is 12.2. The molecule has 3 nitrogen and oxygen atoms in total. The summed E-state index contributed by atoms with van der Waals surface area (Å²) in [6.45, 7) is 5.33. The van der Waals surface area contributed by atoms with Crippen LogP contribution in [0.2, 0.25) is 0 Å². The molecular formula is C12H25NO2S. The molecule has 96 valence electrons. The second-order valence-corrected chi connectivity index (χ2v) is 7.86. The molecule has 0 amide bonds. The highest BCUT2D eigenvalue weighted by molar-refractivity contribution is 7.90. The summed E-state index contributed by atoms with van der Waals surface area (Å²) in [6, 6.07) is 0.703. The normalized spacial score (nSPS) is 20.7. The van der Waals surface area contributed by atoms with E-state index in [2.05, 4.69) is 19.2 Å². The fraction of sp³-hybridized carbons (Fsp3) is 1.00. The molecule has 1 N–H and O–H groups in total. The molecule has 0 aromatic rings. The maximum absolute atomic E-state index is 11.2. The van der Waals surface area contributed by atoms with E-state index in [9.17, 15) is 8.42 Å². The summed E-state index contributed by atoms with van der Waals surface area (Å²) in [5, 5.41) is 3.52. The lowest BCUT2D eigenvalue weighted by atomic mass is 9.83. The van der Waals surface area contributed by atoms with Crippen molar-refractivity contribution < 1.29 is 8.42 Å². The highest BCUT2D eigenvalue weighted by Crippen LogP contribution is 2.29. The van der Waals surface area contributed by atoms with Gasteiger partial charge in [0.05, 0.1) is 5.75 Å². The number of sulfone groups is 1. The first-order chi connectivity index (χ1) is 7.35. The third-order valence-corrected chi connectivity index (χ3v) is 4.27. The summed E-state index contributed by atoms with van der Waals surface area (Å²) in [5.74, 6) is 0.315. The van der Waals surface area contributed by atoms with E-state index in [0.717, 1.165) is 25.8 Å². The van der Waals surface area contributed by atoms with Gasteiger partial charge in [-0.05, 0) is 31.1 Å². The molecule has 1 aliphatic rings. The van der Waals surface area contributed by atoms with E-state index in [1.807, 2.05) is 0 Å². The van der Waals surface area contributed by atoms with Crippen LogP contribution in [0.25, 0.3) is 0 Å². The Kier molecular flexibility index (Phi) is 4.80. The van der Waals surface area contributed by atoms with Gasteiger partial charge in [0.1, 0.15) is 9.84 Å². The number of hydrogen-bond acceptors (Lipinski definition) is 3. The summed E-state index contributed by atoms with van der Waals surface area (Å²) < 4.78 is 22.4. The van der Waals surface area contributed by atoms with Crippen LogP contribution in [0.1, 0.15) is 46.0 Å². The van der Waals surface area contributed by atoms with Gasteiger partial charge in [0.2, 0.25) is 0 Å². The first-order valence-corrected chi connectivity index (χ1v) is 8.32. The third kappa shape index (κ3) is 5.85. The first kappa shape index (κ1) is 14.0. The molecule has 1 aliphatic carbocycles. The first-order valence-electron chi connectivity index (χ1n) is 6.26. The van der Waals surface area contributed by atoms with Gasteiger partial charge >= 0.3 is 0 Å². The molecule has 0 bridgehead atoms. The Morgan fingerprint density at radius 2 is 1.94 bits per heavy atom. The molecule has 0 spiro atoms.